The minimum Gasteiger partial charge on any atom is -0.498 e. The first-order chi connectivity index (χ1) is 8.40. The van der Waals surface area contributed by atoms with Crippen molar-refractivity contribution < 1.29 is 4.74 Å². The Hall–Kier alpha value is -1.76. The number of allylic oxidation sites excluding steroid dienone is 4. The SMILES string of the molecule is CCOC(=CCc1ccccc1)C1C=CC=C1. The second-order valence-corrected chi connectivity index (χ2v) is 4.02. The Morgan fingerprint density at radius 1 is 1.18 bits per heavy atom. The molecule has 0 amide bonds. The molecule has 1 aromatic rings. The summed E-state index contributed by atoms with van der Waals surface area (Å²) in [5, 5.41) is 0. The standard InChI is InChI=1S/C16H18O/c1-2-17-16(15-10-6-7-11-15)13-12-14-8-4-3-5-9-14/h3-11,13,15H,2,12H2,1H3. The molecule has 1 heteroatoms. The van der Waals surface area contributed by atoms with Gasteiger partial charge in [0, 0.05) is 0 Å². The lowest BCUT2D eigenvalue weighted by atomic mass is 10.1. The second kappa shape index (κ2) is 6.09. The van der Waals surface area contributed by atoms with E-state index < -0.39 is 0 Å². The van der Waals surface area contributed by atoms with Gasteiger partial charge in [0.1, 0.15) is 5.76 Å². The zero-order valence-electron chi connectivity index (χ0n) is 10.2. The largest absolute Gasteiger partial charge is 0.498 e. The van der Waals surface area contributed by atoms with Crippen LogP contribution in [0.4, 0.5) is 0 Å². The van der Waals surface area contributed by atoms with Crippen molar-refractivity contribution >= 4 is 0 Å². The van der Waals surface area contributed by atoms with Crippen LogP contribution in [0.2, 0.25) is 0 Å². The van der Waals surface area contributed by atoms with Crippen molar-refractivity contribution in [2.45, 2.75) is 13.3 Å². The fourth-order valence-corrected chi connectivity index (χ4v) is 1.91. The van der Waals surface area contributed by atoms with Crippen molar-refractivity contribution in [2.75, 3.05) is 6.61 Å². The molecule has 2 rings (SSSR count). The van der Waals surface area contributed by atoms with E-state index in [0.29, 0.717) is 5.92 Å². The average Bonchev–Trinajstić information content (AvgIpc) is 2.89. The third kappa shape index (κ3) is 3.35. The van der Waals surface area contributed by atoms with Crippen LogP contribution in [0.15, 0.2) is 66.5 Å². The first-order valence-corrected chi connectivity index (χ1v) is 6.12. The molecule has 1 aliphatic carbocycles. The Bertz CT molecular complexity index is 414. The highest BCUT2D eigenvalue weighted by Crippen LogP contribution is 2.20. The van der Waals surface area contributed by atoms with Crippen molar-refractivity contribution in [2.24, 2.45) is 5.92 Å². The molecule has 88 valence electrons. The van der Waals surface area contributed by atoms with Crippen LogP contribution < -0.4 is 0 Å². The van der Waals surface area contributed by atoms with Crippen LogP contribution in [0, 0.1) is 5.92 Å². The molecule has 1 aromatic carbocycles. The average molecular weight is 226 g/mol. The normalized spacial score (nSPS) is 15.5. The van der Waals surface area contributed by atoms with E-state index in [1.54, 1.807) is 0 Å². The molecule has 0 saturated heterocycles. The Kier molecular flexibility index (Phi) is 4.20. The Balaban J connectivity index is 2.05. The van der Waals surface area contributed by atoms with Crippen LogP contribution in [0.25, 0.3) is 0 Å². The topological polar surface area (TPSA) is 9.23 Å². The molecule has 0 radical (unpaired) electrons. The van der Waals surface area contributed by atoms with Crippen LogP contribution in [0.3, 0.4) is 0 Å². The predicted octanol–water partition coefficient (Wildman–Crippen LogP) is 3.89. The van der Waals surface area contributed by atoms with Crippen LogP contribution in [0.5, 0.6) is 0 Å². The maximum Gasteiger partial charge on any atom is 0.103 e. The summed E-state index contributed by atoms with van der Waals surface area (Å²) in [4.78, 5) is 0. The molecular weight excluding hydrogens is 208 g/mol. The van der Waals surface area contributed by atoms with E-state index in [1.807, 2.05) is 13.0 Å². The molecule has 0 N–H and O–H groups in total. The van der Waals surface area contributed by atoms with Gasteiger partial charge in [0.15, 0.2) is 0 Å². The fourth-order valence-electron chi connectivity index (χ4n) is 1.91. The number of hydrogen-bond donors (Lipinski definition) is 0. The monoisotopic (exact) mass is 226 g/mol. The van der Waals surface area contributed by atoms with Crippen molar-refractivity contribution in [1.82, 2.24) is 0 Å². The van der Waals surface area contributed by atoms with Gasteiger partial charge in [-0.25, -0.2) is 0 Å². The highest BCUT2D eigenvalue weighted by molar-refractivity contribution is 5.27. The summed E-state index contributed by atoms with van der Waals surface area (Å²) in [6, 6.07) is 10.5. The summed E-state index contributed by atoms with van der Waals surface area (Å²) < 4.78 is 5.71. The van der Waals surface area contributed by atoms with Crippen molar-refractivity contribution in [3.8, 4) is 0 Å². The quantitative estimate of drug-likeness (QED) is 0.692. The van der Waals surface area contributed by atoms with Crippen molar-refractivity contribution in [3.63, 3.8) is 0 Å². The van der Waals surface area contributed by atoms with Crippen LogP contribution in [0.1, 0.15) is 12.5 Å². The summed E-state index contributed by atoms with van der Waals surface area (Å²) >= 11 is 0. The Labute approximate surface area is 103 Å². The molecule has 0 unspecified atom stereocenters. The van der Waals surface area contributed by atoms with E-state index in [0.717, 1.165) is 18.8 Å². The van der Waals surface area contributed by atoms with Crippen LogP contribution in [-0.4, -0.2) is 6.61 Å². The smallest absolute Gasteiger partial charge is 0.103 e. The van der Waals surface area contributed by atoms with Gasteiger partial charge in [-0.15, -0.1) is 0 Å². The fraction of sp³-hybridized carbons (Fsp3) is 0.250. The maximum atomic E-state index is 5.71. The molecule has 1 aliphatic rings. The van der Waals surface area contributed by atoms with E-state index in [1.165, 1.54) is 5.56 Å². The summed E-state index contributed by atoms with van der Waals surface area (Å²) in [5.74, 6) is 1.38. The predicted molar refractivity (Wildman–Crippen MR) is 71.6 cm³/mol. The minimum atomic E-state index is 0.318. The van der Waals surface area contributed by atoms with Crippen molar-refractivity contribution in [3.05, 3.63) is 72.0 Å². The summed E-state index contributed by atoms with van der Waals surface area (Å²) in [6.45, 7) is 2.75. The molecule has 0 heterocycles. The molecule has 0 bridgehead atoms. The van der Waals surface area contributed by atoms with E-state index in [4.69, 9.17) is 4.74 Å². The third-order valence-corrected chi connectivity index (χ3v) is 2.77. The van der Waals surface area contributed by atoms with E-state index >= 15 is 0 Å². The number of benzene rings is 1. The zero-order valence-corrected chi connectivity index (χ0v) is 10.2. The number of ether oxygens (including phenoxy) is 1. The van der Waals surface area contributed by atoms with Gasteiger partial charge in [0.2, 0.25) is 0 Å². The van der Waals surface area contributed by atoms with Crippen LogP contribution >= 0.6 is 0 Å². The van der Waals surface area contributed by atoms with Gasteiger partial charge in [-0.05, 0) is 25.0 Å². The highest BCUT2D eigenvalue weighted by atomic mass is 16.5. The Morgan fingerprint density at radius 2 is 1.88 bits per heavy atom. The van der Waals surface area contributed by atoms with Gasteiger partial charge in [-0.2, -0.15) is 0 Å². The lowest BCUT2D eigenvalue weighted by molar-refractivity contribution is 0.211. The molecule has 17 heavy (non-hydrogen) atoms. The van der Waals surface area contributed by atoms with Gasteiger partial charge in [-0.1, -0.05) is 54.6 Å². The van der Waals surface area contributed by atoms with Crippen molar-refractivity contribution in [1.29, 1.82) is 0 Å². The zero-order chi connectivity index (χ0) is 11.9. The molecule has 0 aromatic heterocycles. The van der Waals surface area contributed by atoms with E-state index in [-0.39, 0.29) is 0 Å². The van der Waals surface area contributed by atoms with Gasteiger partial charge < -0.3 is 4.74 Å². The molecule has 0 aliphatic heterocycles. The highest BCUT2D eigenvalue weighted by Gasteiger charge is 2.10. The molecule has 0 spiro atoms. The summed E-state index contributed by atoms with van der Waals surface area (Å²) in [7, 11) is 0. The second-order valence-electron chi connectivity index (χ2n) is 4.02. The van der Waals surface area contributed by atoms with Gasteiger partial charge in [-0.3, -0.25) is 0 Å². The maximum absolute atomic E-state index is 5.71. The molecule has 0 saturated carbocycles. The molecular formula is C16H18O. The third-order valence-electron chi connectivity index (χ3n) is 2.77. The van der Waals surface area contributed by atoms with Gasteiger partial charge in [0.05, 0.1) is 12.5 Å². The lowest BCUT2D eigenvalue weighted by Crippen LogP contribution is -2.02. The first kappa shape index (κ1) is 11.7. The van der Waals surface area contributed by atoms with Gasteiger partial charge in [0.25, 0.3) is 0 Å². The summed E-state index contributed by atoms with van der Waals surface area (Å²) in [6.07, 6.45) is 11.6. The van der Waals surface area contributed by atoms with Gasteiger partial charge >= 0.3 is 0 Å². The number of rotatable bonds is 5. The summed E-state index contributed by atoms with van der Waals surface area (Å²) in [5.41, 5.74) is 1.32. The van der Waals surface area contributed by atoms with E-state index in [9.17, 15) is 0 Å². The number of hydrogen-bond acceptors (Lipinski definition) is 1. The Morgan fingerprint density at radius 3 is 2.53 bits per heavy atom. The minimum absolute atomic E-state index is 0.318. The molecule has 0 atom stereocenters. The molecule has 1 nitrogen and oxygen atoms in total. The lowest BCUT2D eigenvalue weighted by Gasteiger charge is -2.12. The van der Waals surface area contributed by atoms with E-state index in [2.05, 4.69) is 54.6 Å². The van der Waals surface area contributed by atoms with Crippen LogP contribution in [-0.2, 0) is 11.2 Å². The first-order valence-electron chi connectivity index (χ1n) is 6.12. The molecule has 0 fully saturated rings.